The highest BCUT2D eigenvalue weighted by Gasteiger charge is 2.24. The van der Waals surface area contributed by atoms with Crippen LogP contribution < -0.4 is 5.73 Å². The average Bonchev–Trinajstić information content (AvgIpc) is 2.34. The molecule has 1 nitrogen and oxygen atoms in total. The Hall–Kier alpha value is -1.19. The molecule has 4 heteroatoms. The first-order valence-corrected chi connectivity index (χ1v) is 7.08. The largest absolute Gasteiger partial charge is 0.396 e. The Labute approximate surface area is 122 Å². The second-order valence-electron chi connectivity index (χ2n) is 4.78. The smallest absolute Gasteiger partial charge is 0.146 e. The Morgan fingerprint density at radius 3 is 2.47 bits per heavy atom. The topological polar surface area (TPSA) is 26.0 Å². The summed E-state index contributed by atoms with van der Waals surface area (Å²) >= 11 is 7.84. The average molecular weight is 296 g/mol. The van der Waals surface area contributed by atoms with Crippen LogP contribution in [0.2, 0.25) is 5.02 Å². The van der Waals surface area contributed by atoms with Gasteiger partial charge >= 0.3 is 0 Å². The Kier molecular flexibility index (Phi) is 4.07. The molecular formula is C15H15ClFNS. The number of nitrogens with two attached hydrogens (primary N) is 1. The number of hydrogen-bond acceptors (Lipinski definition) is 2. The highest BCUT2D eigenvalue weighted by Crippen LogP contribution is 2.43. The molecule has 0 saturated heterocycles. The van der Waals surface area contributed by atoms with E-state index in [1.165, 1.54) is 6.07 Å². The summed E-state index contributed by atoms with van der Waals surface area (Å²) in [7, 11) is 0. The monoisotopic (exact) mass is 295 g/mol. The van der Waals surface area contributed by atoms with Gasteiger partial charge in [0.2, 0.25) is 0 Å². The molecule has 100 valence electrons. The zero-order valence-corrected chi connectivity index (χ0v) is 12.4. The van der Waals surface area contributed by atoms with E-state index < -0.39 is 0 Å². The number of benzene rings is 2. The molecule has 0 saturated carbocycles. The van der Waals surface area contributed by atoms with Gasteiger partial charge in [-0.1, -0.05) is 29.8 Å². The third-order valence-electron chi connectivity index (χ3n) is 2.86. The van der Waals surface area contributed by atoms with E-state index in [4.69, 9.17) is 17.3 Å². The quantitative estimate of drug-likeness (QED) is 0.630. The first kappa shape index (κ1) is 14.2. The molecule has 0 atom stereocenters. The van der Waals surface area contributed by atoms with E-state index in [1.54, 1.807) is 23.9 Å². The maximum absolute atomic E-state index is 13.2. The van der Waals surface area contributed by atoms with Gasteiger partial charge < -0.3 is 5.73 Å². The summed E-state index contributed by atoms with van der Waals surface area (Å²) in [5.41, 5.74) is 6.81. The van der Waals surface area contributed by atoms with Crippen molar-refractivity contribution in [1.29, 1.82) is 0 Å². The second kappa shape index (κ2) is 5.43. The Balaban J connectivity index is 2.31. The first-order valence-electron chi connectivity index (χ1n) is 5.89. The summed E-state index contributed by atoms with van der Waals surface area (Å²) in [5, 5.41) is 0.732. The molecule has 0 spiro atoms. The first-order chi connectivity index (χ1) is 8.90. The van der Waals surface area contributed by atoms with Crippen LogP contribution >= 0.6 is 23.4 Å². The maximum Gasteiger partial charge on any atom is 0.146 e. The lowest BCUT2D eigenvalue weighted by Crippen LogP contribution is -2.12. The van der Waals surface area contributed by atoms with E-state index in [9.17, 15) is 4.39 Å². The molecule has 0 bridgehead atoms. The Morgan fingerprint density at radius 1 is 1.16 bits per heavy atom. The number of thioether (sulfide) groups is 1. The van der Waals surface area contributed by atoms with Crippen molar-refractivity contribution >= 4 is 29.1 Å². The molecule has 0 aliphatic carbocycles. The van der Waals surface area contributed by atoms with Crippen LogP contribution in [0.15, 0.2) is 47.4 Å². The molecule has 2 aromatic rings. The normalized spacial score (nSPS) is 11.6. The molecule has 2 rings (SSSR count). The molecule has 0 aliphatic heterocycles. The van der Waals surface area contributed by atoms with E-state index in [1.807, 2.05) is 24.3 Å². The summed E-state index contributed by atoms with van der Waals surface area (Å²) in [5.74, 6) is -0.389. The summed E-state index contributed by atoms with van der Waals surface area (Å²) < 4.78 is 12.9. The van der Waals surface area contributed by atoms with Gasteiger partial charge in [-0.05, 0) is 43.7 Å². The number of halogens is 2. The number of hydrogen-bond donors (Lipinski definition) is 1. The SMILES string of the molecule is CC(C)(Sc1ccc(F)c(N)c1)c1ccccc1Cl. The van der Waals surface area contributed by atoms with Crippen LogP contribution in [0.4, 0.5) is 10.1 Å². The van der Waals surface area contributed by atoms with Crippen molar-refractivity contribution in [2.75, 3.05) is 5.73 Å². The third kappa shape index (κ3) is 3.23. The van der Waals surface area contributed by atoms with Crippen LogP contribution in [-0.2, 0) is 4.75 Å². The van der Waals surface area contributed by atoms with E-state index in [2.05, 4.69) is 13.8 Å². The van der Waals surface area contributed by atoms with Gasteiger partial charge in [-0.2, -0.15) is 0 Å². The molecule has 0 unspecified atom stereocenters. The van der Waals surface area contributed by atoms with Gasteiger partial charge in [0.15, 0.2) is 0 Å². The van der Waals surface area contributed by atoms with E-state index in [-0.39, 0.29) is 16.3 Å². The van der Waals surface area contributed by atoms with Crippen LogP contribution in [-0.4, -0.2) is 0 Å². The minimum absolute atomic E-state index is 0.167. The van der Waals surface area contributed by atoms with Crippen molar-refractivity contribution in [2.45, 2.75) is 23.5 Å². The fourth-order valence-electron chi connectivity index (χ4n) is 1.88. The highest BCUT2D eigenvalue weighted by molar-refractivity contribution is 8.00. The third-order valence-corrected chi connectivity index (χ3v) is 4.41. The Bertz CT molecular complexity index is 598. The highest BCUT2D eigenvalue weighted by atomic mass is 35.5. The number of nitrogen functional groups attached to an aromatic ring is 1. The van der Waals surface area contributed by atoms with Gasteiger partial charge in [-0.15, -0.1) is 11.8 Å². The number of rotatable bonds is 3. The van der Waals surface area contributed by atoms with Gasteiger partial charge in [0, 0.05) is 14.7 Å². The maximum atomic E-state index is 13.2. The lowest BCUT2D eigenvalue weighted by molar-refractivity contribution is 0.631. The zero-order valence-electron chi connectivity index (χ0n) is 10.8. The van der Waals surface area contributed by atoms with Gasteiger partial charge in [0.1, 0.15) is 5.82 Å². The molecular weight excluding hydrogens is 281 g/mol. The summed E-state index contributed by atoms with van der Waals surface area (Å²) in [6.45, 7) is 4.16. The Morgan fingerprint density at radius 2 is 1.84 bits per heavy atom. The van der Waals surface area contributed by atoms with Crippen molar-refractivity contribution in [1.82, 2.24) is 0 Å². The van der Waals surface area contributed by atoms with Crippen molar-refractivity contribution < 1.29 is 4.39 Å². The summed E-state index contributed by atoms with van der Waals surface area (Å²) in [6, 6.07) is 12.5. The van der Waals surface area contributed by atoms with Gasteiger partial charge in [0.05, 0.1) is 5.69 Å². The molecule has 0 heterocycles. The van der Waals surface area contributed by atoms with Crippen LogP contribution in [0.1, 0.15) is 19.4 Å². The minimum atomic E-state index is -0.389. The number of anilines is 1. The minimum Gasteiger partial charge on any atom is -0.396 e. The lowest BCUT2D eigenvalue weighted by Gasteiger charge is -2.26. The van der Waals surface area contributed by atoms with E-state index >= 15 is 0 Å². The van der Waals surface area contributed by atoms with Crippen LogP contribution in [0.25, 0.3) is 0 Å². The van der Waals surface area contributed by atoms with Gasteiger partial charge in [0.25, 0.3) is 0 Å². The fourth-order valence-corrected chi connectivity index (χ4v) is 3.51. The molecule has 0 aromatic heterocycles. The van der Waals surface area contributed by atoms with Crippen LogP contribution in [0, 0.1) is 5.82 Å². The van der Waals surface area contributed by atoms with Gasteiger partial charge in [-0.3, -0.25) is 0 Å². The molecule has 2 N–H and O–H groups in total. The standard InChI is InChI=1S/C15H15ClFNS/c1-15(2,11-5-3-4-6-12(11)16)19-10-7-8-13(17)14(18)9-10/h3-9H,18H2,1-2H3. The zero-order chi connectivity index (χ0) is 14.0. The molecule has 0 fully saturated rings. The van der Waals surface area contributed by atoms with Crippen molar-refractivity contribution in [3.63, 3.8) is 0 Å². The summed E-state index contributed by atoms with van der Waals surface area (Å²) in [4.78, 5) is 0.920. The van der Waals surface area contributed by atoms with Gasteiger partial charge in [-0.25, -0.2) is 4.39 Å². The molecule has 0 amide bonds. The molecule has 0 aliphatic rings. The molecule has 2 aromatic carbocycles. The van der Waals surface area contributed by atoms with Crippen molar-refractivity contribution in [3.05, 3.63) is 58.9 Å². The van der Waals surface area contributed by atoms with E-state index in [0.717, 1.165) is 15.5 Å². The predicted octanol–water partition coefficient (Wildman–Crippen LogP) is 5.09. The molecule has 0 radical (unpaired) electrons. The second-order valence-corrected chi connectivity index (χ2v) is 6.88. The van der Waals surface area contributed by atoms with Crippen molar-refractivity contribution in [3.8, 4) is 0 Å². The predicted molar refractivity (Wildman–Crippen MR) is 81.1 cm³/mol. The van der Waals surface area contributed by atoms with E-state index in [0.29, 0.717) is 0 Å². The van der Waals surface area contributed by atoms with Crippen LogP contribution in [0.3, 0.4) is 0 Å². The lowest BCUT2D eigenvalue weighted by atomic mass is 10.0. The fraction of sp³-hybridized carbons (Fsp3) is 0.200. The molecule has 19 heavy (non-hydrogen) atoms. The van der Waals surface area contributed by atoms with Crippen LogP contribution in [0.5, 0.6) is 0 Å². The summed E-state index contributed by atoms with van der Waals surface area (Å²) in [6.07, 6.45) is 0. The van der Waals surface area contributed by atoms with Crippen molar-refractivity contribution in [2.24, 2.45) is 0 Å².